The summed E-state index contributed by atoms with van der Waals surface area (Å²) in [5, 5.41) is 0. The lowest BCUT2D eigenvalue weighted by Crippen LogP contribution is -2.39. The lowest BCUT2D eigenvalue weighted by atomic mass is 9.67. The monoisotopic (exact) mass is 438 g/mol. The van der Waals surface area contributed by atoms with Crippen LogP contribution in [0, 0.1) is 46.8 Å². The summed E-state index contributed by atoms with van der Waals surface area (Å²) < 4.78 is 5.76. The van der Waals surface area contributed by atoms with Crippen LogP contribution >= 0.6 is 33.2 Å². The van der Waals surface area contributed by atoms with E-state index in [0.29, 0.717) is 11.3 Å². The molecule has 7 atom stereocenters. The minimum atomic E-state index is -2.19. The van der Waals surface area contributed by atoms with Gasteiger partial charge in [-0.1, -0.05) is 13.8 Å². The Morgan fingerprint density at radius 3 is 2.04 bits per heavy atom. The smallest absolute Gasteiger partial charge is 0.338 e. The van der Waals surface area contributed by atoms with Crippen molar-refractivity contribution < 1.29 is 9.53 Å². The summed E-state index contributed by atoms with van der Waals surface area (Å²) in [7, 11) is 0. The first-order valence-corrected chi connectivity index (χ1v) is 15.5. The van der Waals surface area contributed by atoms with E-state index in [1.165, 1.54) is 19.3 Å². The maximum absolute atomic E-state index is 12.7. The van der Waals surface area contributed by atoms with Crippen LogP contribution in [0.3, 0.4) is 0 Å². The van der Waals surface area contributed by atoms with Crippen molar-refractivity contribution in [3.8, 4) is 0 Å². The van der Waals surface area contributed by atoms with E-state index < -0.39 is 6.00 Å². The van der Waals surface area contributed by atoms with Gasteiger partial charge in [-0.05, 0) is 93.9 Å². The number of carbonyl (C=O) groups excluding carboxylic acids is 1. The number of hydrogen-bond acceptors (Lipinski definition) is 2. The molecule has 4 aliphatic carbocycles. The molecule has 0 amide bonds. The van der Waals surface area contributed by atoms with Crippen molar-refractivity contribution >= 4 is 45.2 Å². The zero-order valence-corrected chi connectivity index (χ0v) is 20.1. The predicted molar refractivity (Wildman–Crippen MR) is 112 cm³/mol. The fourth-order valence-electron chi connectivity index (χ4n) is 7.04. The third-order valence-electron chi connectivity index (χ3n) is 7.39. The second-order valence-electron chi connectivity index (χ2n) is 10.6. The average Bonchev–Trinajstić information content (AvgIpc) is 3.12. The van der Waals surface area contributed by atoms with Crippen LogP contribution in [0.15, 0.2) is 0 Å². The summed E-state index contributed by atoms with van der Waals surface area (Å²) in [5.74, 6) is 5.26. The minimum Gasteiger partial charge on any atom is -0.460 e. The molecule has 7 unspecified atom stereocenters. The fraction of sp³-hybridized carbons (Fsp3) is 0.950. The van der Waals surface area contributed by atoms with E-state index in [4.69, 9.17) is 38.0 Å². The third-order valence-corrected chi connectivity index (χ3v) is 7.39. The molecule has 0 aromatic rings. The molecular weight excluding hydrogens is 407 g/mol. The molecule has 4 saturated carbocycles. The molecule has 0 N–H and O–H groups in total. The Kier molecular flexibility index (Phi) is 5.57. The number of ether oxygens (including phenoxy) is 1. The molecule has 150 valence electrons. The number of carbonyl (C=O) groups is 1. The summed E-state index contributed by atoms with van der Waals surface area (Å²) in [6, 6.07) is -2.19. The summed E-state index contributed by atoms with van der Waals surface area (Å²) in [4.78, 5) is 12.7. The van der Waals surface area contributed by atoms with Gasteiger partial charge < -0.3 is 4.74 Å². The zero-order chi connectivity index (χ0) is 19.7. The quantitative estimate of drug-likeness (QED) is 0.200. The summed E-state index contributed by atoms with van der Waals surface area (Å²) >= 11 is 15.6. The van der Waals surface area contributed by atoms with Gasteiger partial charge in [-0.3, -0.25) is 4.79 Å². The normalized spacial score (nSPS) is 42.3. The Hall–Kier alpha value is 0.557. The molecule has 0 heterocycles. The highest BCUT2D eigenvalue weighted by Crippen LogP contribution is 2.74. The molecule has 0 aliphatic heterocycles. The first-order valence-electron chi connectivity index (χ1n) is 9.99. The van der Waals surface area contributed by atoms with Gasteiger partial charge in [-0.15, -0.1) is 33.2 Å². The van der Waals surface area contributed by atoms with Crippen LogP contribution in [0.5, 0.6) is 0 Å². The van der Waals surface area contributed by atoms with Crippen molar-refractivity contribution in [1.29, 1.82) is 0 Å². The zero-order valence-electron chi connectivity index (χ0n) is 16.8. The number of hydrogen-bond donors (Lipinski definition) is 0. The predicted octanol–water partition coefficient (Wildman–Crippen LogP) is 6.55. The van der Waals surface area contributed by atoms with Gasteiger partial charge in [0.05, 0.1) is 5.92 Å². The molecule has 2 nitrogen and oxygen atoms in total. The summed E-state index contributed by atoms with van der Waals surface area (Å²) in [6.07, 6.45) is 5.44. The van der Waals surface area contributed by atoms with Gasteiger partial charge in [0.2, 0.25) is 0 Å². The van der Waals surface area contributed by atoms with E-state index >= 15 is 0 Å². The van der Waals surface area contributed by atoms with Gasteiger partial charge >= 0.3 is 12.0 Å². The molecule has 4 fully saturated rings. The molecule has 26 heavy (non-hydrogen) atoms. The standard InChI is InChI=1S/C19H30O2.CH3Cl3Si/c1-18(2,3)21-17(20)12-9-13-14-10-6-7-11(8-10)15(14)16(12)19(13,4)5;1-5(2,3)4/h10-16H,6-9H2,1-5H3;1H3. The van der Waals surface area contributed by atoms with Crippen molar-refractivity contribution in [1.82, 2.24) is 0 Å². The second-order valence-corrected chi connectivity index (χ2v) is 20.7. The van der Waals surface area contributed by atoms with E-state index in [1.807, 2.05) is 20.8 Å². The van der Waals surface area contributed by atoms with E-state index in [9.17, 15) is 4.79 Å². The molecule has 0 aromatic carbocycles. The first-order chi connectivity index (χ1) is 11.7. The molecular formula is C20H33Cl3O2Si. The topological polar surface area (TPSA) is 26.3 Å². The Balaban J connectivity index is 0.000000349. The summed E-state index contributed by atoms with van der Waals surface area (Å²) in [5.41, 5.74) is -0.00466. The highest BCUT2D eigenvalue weighted by molar-refractivity contribution is 7.64. The average molecular weight is 440 g/mol. The van der Waals surface area contributed by atoms with Gasteiger partial charge in [-0.2, -0.15) is 0 Å². The van der Waals surface area contributed by atoms with Gasteiger partial charge in [0, 0.05) is 0 Å². The molecule has 4 aliphatic rings. The minimum absolute atomic E-state index is 0.0873. The van der Waals surface area contributed by atoms with Crippen molar-refractivity contribution in [2.45, 2.75) is 72.5 Å². The number of rotatable bonds is 1. The Labute approximate surface area is 173 Å². The Bertz CT molecular complexity index is 560. The number of esters is 1. The molecule has 4 rings (SSSR count). The van der Waals surface area contributed by atoms with E-state index in [2.05, 4.69) is 13.8 Å². The Morgan fingerprint density at radius 2 is 1.54 bits per heavy atom. The van der Waals surface area contributed by atoms with Crippen molar-refractivity contribution in [3.05, 3.63) is 0 Å². The van der Waals surface area contributed by atoms with Crippen molar-refractivity contribution in [2.75, 3.05) is 0 Å². The summed E-state index contributed by atoms with van der Waals surface area (Å²) in [6.45, 7) is 12.5. The SMILES string of the molecule is CC(C)(C)OC(=O)C1CC2C3C4CCC(C4)C3C1C2(C)C.C[Si](Cl)(Cl)Cl. The maximum atomic E-state index is 12.7. The second kappa shape index (κ2) is 6.81. The van der Waals surface area contributed by atoms with Gasteiger partial charge in [0.25, 0.3) is 0 Å². The van der Waals surface area contributed by atoms with E-state index in [-0.39, 0.29) is 17.5 Å². The van der Waals surface area contributed by atoms with Crippen LogP contribution in [-0.4, -0.2) is 17.6 Å². The third kappa shape index (κ3) is 3.97. The molecule has 0 spiro atoms. The fourth-order valence-corrected chi connectivity index (χ4v) is 7.04. The Morgan fingerprint density at radius 1 is 1.04 bits per heavy atom. The molecule has 0 aromatic heterocycles. The molecule has 0 radical (unpaired) electrons. The number of halogens is 3. The maximum Gasteiger partial charge on any atom is 0.338 e. The first kappa shape index (κ1) is 21.3. The molecule has 6 heteroatoms. The van der Waals surface area contributed by atoms with Crippen molar-refractivity contribution in [3.63, 3.8) is 0 Å². The van der Waals surface area contributed by atoms with Crippen LogP contribution < -0.4 is 0 Å². The lowest BCUT2D eigenvalue weighted by molar-refractivity contribution is -0.164. The lowest BCUT2D eigenvalue weighted by Gasteiger charge is -2.38. The highest BCUT2D eigenvalue weighted by atomic mass is 35.8. The number of fused-ring (bicyclic) bond motifs is 9. The van der Waals surface area contributed by atoms with E-state index in [0.717, 1.165) is 36.0 Å². The molecule has 0 saturated heterocycles. The van der Waals surface area contributed by atoms with Crippen LogP contribution in [0.25, 0.3) is 0 Å². The largest absolute Gasteiger partial charge is 0.460 e. The molecule has 4 bridgehead atoms. The highest BCUT2D eigenvalue weighted by Gasteiger charge is 2.70. The van der Waals surface area contributed by atoms with E-state index in [1.54, 1.807) is 6.55 Å². The van der Waals surface area contributed by atoms with Crippen LogP contribution in [-0.2, 0) is 9.53 Å². The van der Waals surface area contributed by atoms with Crippen LogP contribution in [0.4, 0.5) is 0 Å². The van der Waals surface area contributed by atoms with Gasteiger partial charge in [-0.25, -0.2) is 0 Å². The van der Waals surface area contributed by atoms with Crippen LogP contribution in [0.1, 0.15) is 60.3 Å². The van der Waals surface area contributed by atoms with Gasteiger partial charge in [0.1, 0.15) is 5.60 Å². The van der Waals surface area contributed by atoms with Crippen LogP contribution in [0.2, 0.25) is 6.55 Å². The van der Waals surface area contributed by atoms with Gasteiger partial charge in [0.15, 0.2) is 0 Å². The van der Waals surface area contributed by atoms with Crippen molar-refractivity contribution in [2.24, 2.45) is 46.8 Å².